The van der Waals surface area contributed by atoms with Gasteiger partial charge in [-0.2, -0.15) is 0 Å². The number of carboxylic acids is 1. The monoisotopic (exact) mass is 472 g/mol. The number of rotatable bonds is 13. The normalized spacial score (nSPS) is 18.0. The predicted molar refractivity (Wildman–Crippen MR) is 115 cm³/mol. The number of guanidine groups is 1. The lowest BCUT2D eigenvalue weighted by Crippen LogP contribution is -2.58. The van der Waals surface area contributed by atoms with Crippen LogP contribution in [-0.4, -0.2) is 94.5 Å². The summed E-state index contributed by atoms with van der Waals surface area (Å²) >= 11 is 0. The summed E-state index contributed by atoms with van der Waals surface area (Å²) in [4.78, 5) is 65.0. The standard InChI is InChI=1S/C18H32N8O7/c19-9(3-1-5-23-18(21)22)14(29)25-11(8-27)16(31)26-6-2-4-12(26)15(30)24-10(17(32)33)7-13(20)28/h9-12,27H,1-8,19H2,(H2,20,28)(H,24,30)(H,25,29)(H,32,33)(H4,21,22,23). The topological polar surface area (TPSA) is 270 Å². The highest BCUT2D eigenvalue weighted by atomic mass is 16.4. The lowest BCUT2D eigenvalue weighted by Gasteiger charge is -2.29. The molecule has 15 nitrogen and oxygen atoms in total. The van der Waals surface area contributed by atoms with E-state index < -0.39 is 66.8 Å². The summed E-state index contributed by atoms with van der Waals surface area (Å²) in [5, 5.41) is 23.3. The van der Waals surface area contributed by atoms with Crippen molar-refractivity contribution in [3.05, 3.63) is 0 Å². The molecule has 1 aliphatic heterocycles. The zero-order valence-corrected chi connectivity index (χ0v) is 18.1. The number of primary amides is 1. The summed E-state index contributed by atoms with van der Waals surface area (Å²) in [6.45, 7) is -0.319. The van der Waals surface area contributed by atoms with Crippen molar-refractivity contribution in [2.24, 2.45) is 27.9 Å². The van der Waals surface area contributed by atoms with Crippen LogP contribution in [0, 0.1) is 0 Å². The molecule has 186 valence electrons. The first-order chi connectivity index (χ1) is 15.5. The van der Waals surface area contributed by atoms with Crippen LogP contribution < -0.4 is 33.6 Å². The zero-order chi connectivity index (χ0) is 25.1. The van der Waals surface area contributed by atoms with Crippen LogP contribution in [0.4, 0.5) is 0 Å². The molecule has 0 radical (unpaired) electrons. The van der Waals surface area contributed by atoms with E-state index >= 15 is 0 Å². The van der Waals surface area contributed by atoms with Crippen LogP contribution in [0.25, 0.3) is 0 Å². The van der Waals surface area contributed by atoms with Gasteiger partial charge in [0.05, 0.1) is 19.1 Å². The SMILES string of the molecule is NC(=O)CC(NC(=O)C1CCCN1C(=O)C(CO)NC(=O)C(N)CCCN=C(N)N)C(=O)O. The van der Waals surface area contributed by atoms with Gasteiger partial charge in [0.1, 0.15) is 18.1 Å². The summed E-state index contributed by atoms with van der Waals surface area (Å²) in [5.41, 5.74) is 21.2. The molecule has 1 fully saturated rings. The highest BCUT2D eigenvalue weighted by molar-refractivity contribution is 5.95. The molecule has 1 aliphatic rings. The third kappa shape index (κ3) is 8.89. The van der Waals surface area contributed by atoms with Gasteiger partial charge in [0.25, 0.3) is 0 Å². The van der Waals surface area contributed by atoms with Gasteiger partial charge in [0.2, 0.25) is 23.6 Å². The Labute approximate surface area is 189 Å². The number of aliphatic imine (C=N–C) groups is 1. The Hall–Kier alpha value is -3.46. The van der Waals surface area contributed by atoms with E-state index in [1.807, 2.05) is 0 Å². The van der Waals surface area contributed by atoms with E-state index in [4.69, 9.17) is 28.0 Å². The smallest absolute Gasteiger partial charge is 0.326 e. The van der Waals surface area contributed by atoms with Gasteiger partial charge in [-0.3, -0.25) is 24.2 Å². The maximum Gasteiger partial charge on any atom is 0.326 e. The van der Waals surface area contributed by atoms with E-state index in [1.165, 1.54) is 0 Å². The lowest BCUT2D eigenvalue weighted by molar-refractivity contribution is -0.146. The Kier molecular flexibility index (Phi) is 11.0. The number of carbonyl (C=O) groups excluding carboxylic acids is 4. The van der Waals surface area contributed by atoms with Gasteiger partial charge in [0.15, 0.2) is 5.96 Å². The summed E-state index contributed by atoms with van der Waals surface area (Å²) in [6.07, 6.45) is 0.692. The molecule has 4 atom stereocenters. The summed E-state index contributed by atoms with van der Waals surface area (Å²) < 4.78 is 0. The molecule has 4 unspecified atom stereocenters. The van der Waals surface area contributed by atoms with Crippen molar-refractivity contribution >= 4 is 35.6 Å². The average molecular weight is 473 g/mol. The second kappa shape index (κ2) is 13.2. The van der Waals surface area contributed by atoms with Gasteiger partial charge >= 0.3 is 5.97 Å². The van der Waals surface area contributed by atoms with Gasteiger partial charge in [-0.15, -0.1) is 0 Å². The van der Waals surface area contributed by atoms with Crippen LogP contribution in [0.5, 0.6) is 0 Å². The fourth-order valence-corrected chi connectivity index (χ4v) is 3.29. The Morgan fingerprint density at radius 1 is 1.09 bits per heavy atom. The Bertz CT molecular complexity index is 771. The van der Waals surface area contributed by atoms with Gasteiger partial charge in [0, 0.05) is 13.1 Å². The molecule has 1 rings (SSSR count). The number of likely N-dealkylation sites (tertiary alicyclic amines) is 1. The van der Waals surface area contributed by atoms with E-state index in [1.54, 1.807) is 0 Å². The van der Waals surface area contributed by atoms with Crippen LogP contribution in [-0.2, 0) is 24.0 Å². The van der Waals surface area contributed by atoms with E-state index in [9.17, 15) is 29.1 Å². The fourth-order valence-electron chi connectivity index (χ4n) is 3.29. The lowest BCUT2D eigenvalue weighted by atomic mass is 10.1. The van der Waals surface area contributed by atoms with E-state index in [0.29, 0.717) is 12.8 Å². The Morgan fingerprint density at radius 2 is 1.76 bits per heavy atom. The molecule has 0 saturated carbocycles. The molecular formula is C18H32N8O7. The Balaban J connectivity index is 2.75. The molecule has 1 heterocycles. The van der Waals surface area contributed by atoms with Crippen molar-refractivity contribution < 1.29 is 34.2 Å². The first kappa shape index (κ1) is 27.6. The number of nitrogens with two attached hydrogens (primary N) is 4. The highest BCUT2D eigenvalue weighted by Crippen LogP contribution is 2.19. The van der Waals surface area contributed by atoms with Crippen molar-refractivity contribution in [2.75, 3.05) is 19.7 Å². The van der Waals surface area contributed by atoms with Crippen LogP contribution in [0.1, 0.15) is 32.1 Å². The van der Waals surface area contributed by atoms with E-state index in [-0.39, 0.29) is 31.9 Å². The molecule has 4 amide bonds. The third-order valence-corrected chi connectivity index (χ3v) is 4.96. The molecule has 15 heteroatoms. The second-order valence-corrected chi connectivity index (χ2v) is 7.56. The molecule has 33 heavy (non-hydrogen) atoms. The maximum absolute atomic E-state index is 12.9. The summed E-state index contributed by atoms with van der Waals surface area (Å²) in [7, 11) is 0. The number of nitrogens with zero attached hydrogens (tertiary/aromatic N) is 2. The fraction of sp³-hybridized carbons (Fsp3) is 0.667. The number of amides is 4. The first-order valence-corrected chi connectivity index (χ1v) is 10.3. The number of aliphatic hydroxyl groups is 1. The summed E-state index contributed by atoms with van der Waals surface area (Å²) in [5.74, 6) is -4.65. The van der Waals surface area contributed by atoms with Crippen molar-refractivity contribution in [1.82, 2.24) is 15.5 Å². The Morgan fingerprint density at radius 3 is 2.30 bits per heavy atom. The molecule has 0 spiro atoms. The van der Waals surface area contributed by atoms with Crippen LogP contribution in [0.3, 0.4) is 0 Å². The third-order valence-electron chi connectivity index (χ3n) is 4.96. The molecule has 0 aromatic rings. The van der Waals surface area contributed by atoms with Gasteiger partial charge in [-0.1, -0.05) is 0 Å². The number of carboxylic acid groups (broad SMARTS) is 1. The largest absolute Gasteiger partial charge is 0.480 e. The first-order valence-electron chi connectivity index (χ1n) is 10.3. The number of nitrogens with one attached hydrogen (secondary N) is 2. The van der Waals surface area contributed by atoms with Crippen LogP contribution in [0.15, 0.2) is 4.99 Å². The molecule has 12 N–H and O–H groups in total. The highest BCUT2D eigenvalue weighted by Gasteiger charge is 2.39. The molecule has 0 aliphatic carbocycles. The molecule has 1 saturated heterocycles. The minimum Gasteiger partial charge on any atom is -0.480 e. The molecule has 0 aromatic heterocycles. The van der Waals surface area contributed by atoms with Crippen molar-refractivity contribution in [3.8, 4) is 0 Å². The quantitative estimate of drug-likeness (QED) is 0.0720. The minimum atomic E-state index is -1.54. The van der Waals surface area contributed by atoms with Gasteiger partial charge in [-0.25, -0.2) is 4.79 Å². The zero-order valence-electron chi connectivity index (χ0n) is 18.1. The van der Waals surface area contributed by atoms with Gasteiger partial charge < -0.3 is 48.7 Å². The van der Waals surface area contributed by atoms with Gasteiger partial charge in [-0.05, 0) is 25.7 Å². The van der Waals surface area contributed by atoms with Crippen LogP contribution in [0.2, 0.25) is 0 Å². The van der Waals surface area contributed by atoms with E-state index in [2.05, 4.69) is 15.6 Å². The number of carbonyl (C=O) groups is 5. The maximum atomic E-state index is 12.9. The number of aliphatic carboxylic acids is 1. The predicted octanol–water partition coefficient (Wildman–Crippen LogP) is -4.72. The van der Waals surface area contributed by atoms with Crippen molar-refractivity contribution in [3.63, 3.8) is 0 Å². The summed E-state index contributed by atoms with van der Waals surface area (Å²) in [6, 6.07) is -4.91. The molecule has 0 aromatic carbocycles. The average Bonchev–Trinajstić information content (AvgIpc) is 3.23. The molecular weight excluding hydrogens is 440 g/mol. The minimum absolute atomic E-state index is 0.0903. The number of aliphatic hydroxyl groups excluding tert-OH is 1. The second-order valence-electron chi connectivity index (χ2n) is 7.56. The van der Waals surface area contributed by atoms with Crippen LogP contribution >= 0.6 is 0 Å². The van der Waals surface area contributed by atoms with Crippen molar-refractivity contribution in [1.29, 1.82) is 0 Å². The number of hydrogen-bond acceptors (Lipinski definition) is 8. The van der Waals surface area contributed by atoms with Crippen molar-refractivity contribution in [2.45, 2.75) is 56.3 Å². The number of hydrogen-bond donors (Lipinski definition) is 8. The van der Waals surface area contributed by atoms with E-state index in [0.717, 1.165) is 4.90 Å². The molecule has 0 bridgehead atoms.